The van der Waals surface area contributed by atoms with Crippen molar-refractivity contribution in [1.29, 1.82) is 0 Å². The molecule has 0 saturated heterocycles. The molecular formula is C16H21NO2S. The fourth-order valence-electron chi connectivity index (χ4n) is 1.68. The first-order valence-electron chi connectivity index (χ1n) is 6.66. The zero-order chi connectivity index (χ0) is 14.8. The molecule has 0 atom stereocenters. The number of rotatable bonds is 6. The van der Waals surface area contributed by atoms with Crippen molar-refractivity contribution in [1.82, 2.24) is 5.32 Å². The summed E-state index contributed by atoms with van der Waals surface area (Å²) in [6.07, 6.45) is 3.43. The van der Waals surface area contributed by atoms with Gasteiger partial charge in [0.15, 0.2) is 0 Å². The van der Waals surface area contributed by atoms with E-state index in [2.05, 4.69) is 23.4 Å². The molecule has 108 valence electrons. The minimum atomic E-state index is -0.0805. The maximum Gasteiger partial charge on any atom is 0.252 e. The van der Waals surface area contributed by atoms with Crippen LogP contribution in [-0.4, -0.2) is 36.2 Å². The van der Waals surface area contributed by atoms with Crippen LogP contribution in [0.2, 0.25) is 0 Å². The second kappa shape index (κ2) is 9.46. The van der Waals surface area contributed by atoms with Gasteiger partial charge in [-0.1, -0.05) is 23.5 Å². The van der Waals surface area contributed by atoms with Gasteiger partial charge in [-0.3, -0.25) is 4.79 Å². The molecule has 1 rings (SSSR count). The SMILES string of the molecule is CSCCCNC(=O)c1cc(C)ccc1C#CCCO. The summed E-state index contributed by atoms with van der Waals surface area (Å²) in [4.78, 5) is 12.2. The number of carbonyl (C=O) groups is 1. The number of aryl methyl sites for hydroxylation is 1. The Morgan fingerprint density at radius 3 is 2.95 bits per heavy atom. The number of aliphatic hydroxyl groups is 1. The van der Waals surface area contributed by atoms with Gasteiger partial charge in [-0.15, -0.1) is 0 Å². The zero-order valence-electron chi connectivity index (χ0n) is 12.0. The van der Waals surface area contributed by atoms with Gasteiger partial charge in [-0.25, -0.2) is 0 Å². The van der Waals surface area contributed by atoms with Crippen molar-refractivity contribution in [2.24, 2.45) is 0 Å². The molecule has 0 spiro atoms. The van der Waals surface area contributed by atoms with E-state index in [1.54, 1.807) is 11.8 Å². The van der Waals surface area contributed by atoms with Crippen LogP contribution in [0.15, 0.2) is 18.2 Å². The van der Waals surface area contributed by atoms with E-state index in [-0.39, 0.29) is 12.5 Å². The summed E-state index contributed by atoms with van der Waals surface area (Å²) in [6, 6.07) is 5.65. The van der Waals surface area contributed by atoms with Crippen molar-refractivity contribution in [3.05, 3.63) is 34.9 Å². The molecule has 0 aromatic heterocycles. The van der Waals surface area contributed by atoms with E-state index in [1.165, 1.54) is 0 Å². The Bertz CT molecular complexity index is 503. The highest BCUT2D eigenvalue weighted by atomic mass is 32.2. The zero-order valence-corrected chi connectivity index (χ0v) is 12.8. The molecule has 0 heterocycles. The normalized spacial score (nSPS) is 9.75. The number of amides is 1. The van der Waals surface area contributed by atoms with Gasteiger partial charge in [0.25, 0.3) is 5.91 Å². The maximum absolute atomic E-state index is 12.2. The van der Waals surface area contributed by atoms with E-state index in [0.717, 1.165) is 17.7 Å². The fraction of sp³-hybridized carbons (Fsp3) is 0.438. The lowest BCUT2D eigenvalue weighted by Gasteiger charge is -2.07. The molecule has 3 nitrogen and oxygen atoms in total. The van der Waals surface area contributed by atoms with E-state index in [4.69, 9.17) is 5.11 Å². The molecule has 0 radical (unpaired) electrons. The van der Waals surface area contributed by atoms with Crippen LogP contribution in [0.25, 0.3) is 0 Å². The van der Waals surface area contributed by atoms with Gasteiger partial charge < -0.3 is 10.4 Å². The number of hydrogen-bond donors (Lipinski definition) is 2. The highest BCUT2D eigenvalue weighted by Crippen LogP contribution is 2.11. The van der Waals surface area contributed by atoms with Gasteiger partial charge in [0.05, 0.1) is 12.2 Å². The second-order valence-corrected chi connectivity index (χ2v) is 5.41. The van der Waals surface area contributed by atoms with E-state index >= 15 is 0 Å². The monoisotopic (exact) mass is 291 g/mol. The van der Waals surface area contributed by atoms with Crippen LogP contribution >= 0.6 is 11.8 Å². The number of nitrogens with one attached hydrogen (secondary N) is 1. The van der Waals surface area contributed by atoms with Crippen molar-refractivity contribution < 1.29 is 9.90 Å². The number of carbonyl (C=O) groups excluding carboxylic acids is 1. The quantitative estimate of drug-likeness (QED) is 0.624. The van der Waals surface area contributed by atoms with Gasteiger partial charge in [0, 0.05) is 18.5 Å². The Balaban J connectivity index is 2.78. The molecule has 0 aliphatic heterocycles. The van der Waals surface area contributed by atoms with Crippen molar-refractivity contribution in [3.63, 3.8) is 0 Å². The van der Waals surface area contributed by atoms with Crippen LogP contribution in [0, 0.1) is 18.8 Å². The van der Waals surface area contributed by atoms with E-state index in [0.29, 0.717) is 24.1 Å². The predicted octanol–water partition coefficient (Wildman–Crippen LogP) is 2.21. The van der Waals surface area contributed by atoms with Gasteiger partial charge in [0.2, 0.25) is 0 Å². The number of benzene rings is 1. The third-order valence-electron chi connectivity index (χ3n) is 2.69. The summed E-state index contributed by atoms with van der Waals surface area (Å²) < 4.78 is 0. The van der Waals surface area contributed by atoms with Crippen LogP contribution < -0.4 is 5.32 Å². The summed E-state index contributed by atoms with van der Waals surface area (Å²) in [5.41, 5.74) is 2.36. The molecule has 1 aromatic rings. The Labute approximate surface area is 125 Å². The largest absolute Gasteiger partial charge is 0.395 e. The number of thioether (sulfide) groups is 1. The van der Waals surface area contributed by atoms with Crippen LogP contribution in [0.3, 0.4) is 0 Å². The molecule has 0 fully saturated rings. The first kappa shape index (κ1) is 16.6. The van der Waals surface area contributed by atoms with Crippen LogP contribution in [0.5, 0.6) is 0 Å². The lowest BCUT2D eigenvalue weighted by molar-refractivity contribution is 0.0953. The smallest absolute Gasteiger partial charge is 0.252 e. The molecule has 4 heteroatoms. The van der Waals surface area contributed by atoms with Crippen molar-refractivity contribution in [2.75, 3.05) is 25.2 Å². The average molecular weight is 291 g/mol. The van der Waals surface area contributed by atoms with Gasteiger partial charge >= 0.3 is 0 Å². The summed E-state index contributed by atoms with van der Waals surface area (Å²) in [6.45, 7) is 2.67. The van der Waals surface area contributed by atoms with Crippen molar-refractivity contribution >= 4 is 17.7 Å². The van der Waals surface area contributed by atoms with Crippen molar-refractivity contribution in [3.8, 4) is 11.8 Å². The second-order valence-electron chi connectivity index (χ2n) is 4.43. The topological polar surface area (TPSA) is 49.3 Å². The first-order chi connectivity index (χ1) is 9.69. The minimum Gasteiger partial charge on any atom is -0.395 e. The van der Waals surface area contributed by atoms with Gasteiger partial charge in [-0.2, -0.15) is 11.8 Å². The van der Waals surface area contributed by atoms with Crippen LogP contribution in [-0.2, 0) is 0 Å². The third-order valence-corrected chi connectivity index (χ3v) is 3.39. The van der Waals surface area contributed by atoms with E-state index in [1.807, 2.05) is 25.1 Å². The first-order valence-corrected chi connectivity index (χ1v) is 8.06. The third kappa shape index (κ3) is 5.68. The molecular weight excluding hydrogens is 270 g/mol. The van der Waals surface area contributed by atoms with Gasteiger partial charge in [-0.05, 0) is 37.5 Å². The van der Waals surface area contributed by atoms with Crippen molar-refractivity contribution in [2.45, 2.75) is 19.8 Å². The Morgan fingerprint density at radius 2 is 2.25 bits per heavy atom. The molecule has 0 aliphatic rings. The standard InChI is InChI=1S/C16H21NO2S/c1-13-7-8-14(6-3-4-10-18)15(12-13)16(19)17-9-5-11-20-2/h7-8,12,18H,4-5,9-11H2,1-2H3,(H,17,19). The highest BCUT2D eigenvalue weighted by Gasteiger charge is 2.09. The van der Waals surface area contributed by atoms with Crippen LogP contribution in [0.1, 0.15) is 34.3 Å². The molecule has 0 saturated carbocycles. The fourth-order valence-corrected chi connectivity index (χ4v) is 2.12. The predicted molar refractivity (Wildman–Crippen MR) is 85.1 cm³/mol. The Kier molecular flexibility index (Phi) is 7.86. The minimum absolute atomic E-state index is 0.0368. The Morgan fingerprint density at radius 1 is 1.45 bits per heavy atom. The summed E-state index contributed by atoms with van der Waals surface area (Å²) >= 11 is 1.77. The Hall–Kier alpha value is -1.44. The van der Waals surface area contributed by atoms with Gasteiger partial charge in [0.1, 0.15) is 0 Å². The number of hydrogen-bond acceptors (Lipinski definition) is 3. The molecule has 1 amide bonds. The highest BCUT2D eigenvalue weighted by molar-refractivity contribution is 7.98. The molecule has 0 unspecified atom stereocenters. The van der Waals surface area contributed by atoms with Crippen LogP contribution in [0.4, 0.5) is 0 Å². The average Bonchev–Trinajstić information content (AvgIpc) is 2.45. The van der Waals surface area contributed by atoms with E-state index < -0.39 is 0 Å². The summed E-state index contributed by atoms with van der Waals surface area (Å²) in [7, 11) is 0. The molecule has 0 bridgehead atoms. The lowest BCUT2D eigenvalue weighted by Crippen LogP contribution is -2.25. The molecule has 20 heavy (non-hydrogen) atoms. The summed E-state index contributed by atoms with van der Waals surface area (Å²) in [5, 5.41) is 11.7. The van der Waals surface area contributed by atoms with E-state index in [9.17, 15) is 4.79 Å². The molecule has 2 N–H and O–H groups in total. The number of aliphatic hydroxyl groups excluding tert-OH is 1. The summed E-state index contributed by atoms with van der Waals surface area (Å²) in [5.74, 6) is 6.77. The molecule has 1 aromatic carbocycles. The maximum atomic E-state index is 12.2. The molecule has 0 aliphatic carbocycles. The lowest BCUT2D eigenvalue weighted by atomic mass is 10.0.